The molecule has 1 aliphatic rings. The summed E-state index contributed by atoms with van der Waals surface area (Å²) in [5.74, 6) is -4.88. The zero-order chi connectivity index (χ0) is 20.1. The van der Waals surface area contributed by atoms with Crippen LogP contribution in [0.4, 0.5) is 30.2 Å². The minimum absolute atomic E-state index is 0.394. The normalized spacial score (nSPS) is 15.6. The van der Waals surface area contributed by atoms with Gasteiger partial charge in [0.2, 0.25) is 5.91 Å². The minimum Gasteiger partial charge on any atom is -0.374 e. The molecule has 7 heteroatoms. The average Bonchev–Trinajstić information content (AvgIpc) is 2.98. The fourth-order valence-electron chi connectivity index (χ4n) is 3.28. The fraction of sp³-hybridized carbons (Fsp3) is 0.381. The number of nitrogens with one attached hydrogen (secondary N) is 2. The Hall–Kier alpha value is -2.70. The highest BCUT2D eigenvalue weighted by atomic mass is 19.2. The fourth-order valence-corrected chi connectivity index (χ4v) is 3.28. The lowest BCUT2D eigenvalue weighted by molar-refractivity contribution is -0.116. The zero-order valence-electron chi connectivity index (χ0n) is 15.8. The van der Waals surface area contributed by atoms with E-state index in [1.807, 2.05) is 24.3 Å². The van der Waals surface area contributed by atoms with E-state index in [9.17, 15) is 18.0 Å². The van der Waals surface area contributed by atoms with E-state index < -0.39 is 35.1 Å². The predicted octanol–water partition coefficient (Wildman–Crippen LogP) is 4.92. The number of hydrogen-bond donors (Lipinski definition) is 2. The molecule has 1 amide bonds. The summed E-state index contributed by atoms with van der Waals surface area (Å²) < 4.78 is 40.0. The number of carbonyl (C=O) groups excluding carboxylic acids is 1. The van der Waals surface area contributed by atoms with Crippen LogP contribution in [0.15, 0.2) is 36.4 Å². The van der Waals surface area contributed by atoms with Crippen LogP contribution in [0.25, 0.3) is 0 Å². The molecule has 0 aromatic heterocycles. The molecule has 2 N–H and O–H groups in total. The highest BCUT2D eigenvalue weighted by Crippen LogP contribution is 2.23. The van der Waals surface area contributed by atoms with Gasteiger partial charge >= 0.3 is 0 Å². The molecule has 28 heavy (non-hydrogen) atoms. The summed E-state index contributed by atoms with van der Waals surface area (Å²) in [6, 6.07) is 8.86. The lowest BCUT2D eigenvalue weighted by Gasteiger charge is -2.23. The Kier molecular flexibility index (Phi) is 6.44. The van der Waals surface area contributed by atoms with Crippen molar-refractivity contribution in [1.29, 1.82) is 0 Å². The van der Waals surface area contributed by atoms with Crippen LogP contribution in [0.5, 0.6) is 0 Å². The van der Waals surface area contributed by atoms with E-state index in [0.29, 0.717) is 0 Å². The van der Waals surface area contributed by atoms with Crippen molar-refractivity contribution in [2.24, 2.45) is 0 Å². The lowest BCUT2D eigenvalue weighted by Crippen LogP contribution is -2.32. The van der Waals surface area contributed by atoms with Gasteiger partial charge in [-0.2, -0.15) is 0 Å². The van der Waals surface area contributed by atoms with Crippen molar-refractivity contribution >= 4 is 23.0 Å². The van der Waals surface area contributed by atoms with E-state index in [1.165, 1.54) is 25.7 Å². The summed E-state index contributed by atoms with van der Waals surface area (Å²) in [7, 11) is 0. The molecule has 0 spiro atoms. The number of anilines is 3. The molecule has 0 saturated carbocycles. The van der Waals surface area contributed by atoms with Gasteiger partial charge in [0.25, 0.3) is 0 Å². The second-order valence-electron chi connectivity index (χ2n) is 7.03. The van der Waals surface area contributed by atoms with Gasteiger partial charge in [-0.15, -0.1) is 0 Å². The summed E-state index contributed by atoms with van der Waals surface area (Å²) in [5, 5.41) is 5.31. The molecule has 0 unspecified atom stereocenters. The van der Waals surface area contributed by atoms with Gasteiger partial charge in [0.15, 0.2) is 17.5 Å². The van der Waals surface area contributed by atoms with E-state index in [0.717, 1.165) is 36.6 Å². The quantitative estimate of drug-likeness (QED) is 0.711. The summed E-state index contributed by atoms with van der Waals surface area (Å²) in [4.78, 5) is 14.6. The Morgan fingerprint density at radius 2 is 1.57 bits per heavy atom. The van der Waals surface area contributed by atoms with Crippen LogP contribution in [0, 0.1) is 17.5 Å². The number of hydrogen-bond acceptors (Lipinski definition) is 3. The predicted molar refractivity (Wildman–Crippen MR) is 105 cm³/mol. The van der Waals surface area contributed by atoms with Gasteiger partial charge in [-0.05, 0) is 56.2 Å². The van der Waals surface area contributed by atoms with Crippen LogP contribution in [0.2, 0.25) is 0 Å². The molecule has 1 atom stereocenters. The Balaban J connectivity index is 1.60. The lowest BCUT2D eigenvalue weighted by atomic mass is 10.2. The third-order valence-corrected chi connectivity index (χ3v) is 4.91. The summed E-state index contributed by atoms with van der Waals surface area (Å²) in [6.45, 7) is 3.70. The zero-order valence-corrected chi connectivity index (χ0v) is 15.8. The van der Waals surface area contributed by atoms with Crippen LogP contribution in [-0.4, -0.2) is 25.0 Å². The number of amides is 1. The molecule has 2 aromatic carbocycles. The van der Waals surface area contributed by atoms with Gasteiger partial charge in [0, 0.05) is 24.5 Å². The van der Waals surface area contributed by atoms with Gasteiger partial charge in [0.05, 0.1) is 5.69 Å². The van der Waals surface area contributed by atoms with Gasteiger partial charge in [-0.25, -0.2) is 13.2 Å². The van der Waals surface area contributed by atoms with Crippen LogP contribution in [-0.2, 0) is 4.79 Å². The molecule has 2 aromatic rings. The maximum atomic E-state index is 13.7. The Labute approximate surface area is 162 Å². The average molecular weight is 391 g/mol. The van der Waals surface area contributed by atoms with Crippen molar-refractivity contribution in [3.05, 3.63) is 53.8 Å². The second-order valence-corrected chi connectivity index (χ2v) is 7.03. The molecule has 4 nitrogen and oxygen atoms in total. The van der Waals surface area contributed by atoms with Crippen LogP contribution in [0.3, 0.4) is 0 Å². The number of halogens is 3. The van der Waals surface area contributed by atoms with Gasteiger partial charge in [-0.1, -0.05) is 12.8 Å². The minimum atomic E-state index is -1.61. The third kappa shape index (κ3) is 4.77. The topological polar surface area (TPSA) is 44.4 Å². The monoisotopic (exact) mass is 391 g/mol. The van der Waals surface area contributed by atoms with E-state index in [-0.39, 0.29) is 0 Å². The molecule has 150 valence electrons. The number of nitrogens with zero attached hydrogens (tertiary/aromatic N) is 1. The molecule has 0 bridgehead atoms. The summed E-state index contributed by atoms with van der Waals surface area (Å²) in [5.41, 5.74) is 1.49. The summed E-state index contributed by atoms with van der Waals surface area (Å²) >= 11 is 0. The molecular weight excluding hydrogens is 367 g/mol. The van der Waals surface area contributed by atoms with E-state index in [4.69, 9.17) is 0 Å². The molecule has 1 saturated heterocycles. The first-order chi connectivity index (χ1) is 13.5. The molecule has 1 aliphatic heterocycles. The third-order valence-electron chi connectivity index (χ3n) is 4.91. The summed E-state index contributed by atoms with van der Waals surface area (Å²) in [6.07, 6.45) is 4.91. The first kappa shape index (κ1) is 20.0. The second kappa shape index (κ2) is 8.99. The van der Waals surface area contributed by atoms with Crippen molar-refractivity contribution in [2.45, 2.75) is 38.6 Å². The Morgan fingerprint density at radius 1 is 0.929 bits per heavy atom. The van der Waals surface area contributed by atoms with Gasteiger partial charge in [-0.3, -0.25) is 4.79 Å². The largest absolute Gasteiger partial charge is 0.374 e. The van der Waals surface area contributed by atoms with Crippen molar-refractivity contribution < 1.29 is 18.0 Å². The first-order valence-corrected chi connectivity index (χ1v) is 9.51. The Morgan fingerprint density at radius 3 is 2.21 bits per heavy atom. The van der Waals surface area contributed by atoms with Crippen LogP contribution in [0.1, 0.15) is 32.6 Å². The SMILES string of the molecule is C[C@H](Nc1ccc(N2CCCCCC2)cc1)C(=O)Nc1ccc(F)c(F)c1F. The first-order valence-electron chi connectivity index (χ1n) is 9.51. The smallest absolute Gasteiger partial charge is 0.246 e. The number of rotatable bonds is 5. The van der Waals surface area contributed by atoms with Crippen molar-refractivity contribution in [2.75, 3.05) is 28.6 Å². The van der Waals surface area contributed by atoms with Crippen molar-refractivity contribution in [1.82, 2.24) is 0 Å². The van der Waals surface area contributed by atoms with Crippen molar-refractivity contribution in [3.8, 4) is 0 Å². The van der Waals surface area contributed by atoms with Gasteiger partial charge in [0.1, 0.15) is 6.04 Å². The van der Waals surface area contributed by atoms with Crippen molar-refractivity contribution in [3.63, 3.8) is 0 Å². The standard InChI is InChI=1S/C21H24F3N3O/c1-14(21(28)26-18-11-10-17(22)19(23)20(18)24)25-15-6-8-16(9-7-15)27-12-4-2-3-5-13-27/h6-11,14,25H,2-5,12-13H2,1H3,(H,26,28)/t14-/m0/s1. The van der Waals surface area contributed by atoms with Crippen LogP contribution >= 0.6 is 0 Å². The van der Waals surface area contributed by atoms with E-state index in [2.05, 4.69) is 15.5 Å². The number of benzene rings is 2. The molecule has 3 rings (SSSR count). The maximum Gasteiger partial charge on any atom is 0.246 e. The highest BCUT2D eigenvalue weighted by molar-refractivity contribution is 5.96. The molecule has 0 radical (unpaired) electrons. The molecule has 1 fully saturated rings. The number of carbonyl (C=O) groups is 1. The Bertz CT molecular complexity index is 818. The van der Waals surface area contributed by atoms with Crippen LogP contribution < -0.4 is 15.5 Å². The molecule has 0 aliphatic carbocycles. The van der Waals surface area contributed by atoms with E-state index in [1.54, 1.807) is 6.92 Å². The molecular formula is C21H24F3N3O. The maximum absolute atomic E-state index is 13.7. The molecule has 1 heterocycles. The van der Waals surface area contributed by atoms with Gasteiger partial charge < -0.3 is 15.5 Å². The highest BCUT2D eigenvalue weighted by Gasteiger charge is 2.18. The van der Waals surface area contributed by atoms with E-state index >= 15 is 0 Å².